The van der Waals surface area contributed by atoms with Crippen LogP contribution in [-0.4, -0.2) is 79.0 Å². The minimum atomic E-state index is -0.738. The number of carbonyl (C=O) groups excluding carboxylic acids is 2. The van der Waals surface area contributed by atoms with Crippen LogP contribution in [0.15, 0.2) is 78.9 Å². The maximum Gasteiger partial charge on any atom is 0.254 e. The van der Waals surface area contributed by atoms with Gasteiger partial charge in [0.1, 0.15) is 5.60 Å². The van der Waals surface area contributed by atoms with Crippen LogP contribution in [-0.2, 0) is 20.5 Å². The van der Waals surface area contributed by atoms with Crippen LogP contribution in [0, 0.1) is 0 Å². The first-order valence-corrected chi connectivity index (χ1v) is 16.4. The van der Waals surface area contributed by atoms with E-state index in [1.807, 2.05) is 65.6 Å². The molecule has 0 bridgehead atoms. The van der Waals surface area contributed by atoms with Crippen molar-refractivity contribution in [3.05, 3.63) is 106 Å². The molecule has 0 aliphatic carbocycles. The Morgan fingerprint density at radius 3 is 2.16 bits per heavy atom. The number of hydrogen-bond donors (Lipinski definition) is 1. The Hall–Kier alpha value is -2.94. The van der Waals surface area contributed by atoms with Gasteiger partial charge in [0.25, 0.3) is 5.91 Å². The van der Waals surface area contributed by atoms with Crippen LogP contribution in [0.3, 0.4) is 0 Å². The predicted molar refractivity (Wildman–Crippen MR) is 174 cm³/mol. The second kappa shape index (κ2) is 13.6. The molecule has 2 amide bonds. The van der Waals surface area contributed by atoms with E-state index in [1.165, 1.54) is 0 Å². The standard InChI is InChI=1S/C35H40Cl2N4O3/c36-30-14-13-29(25-31(30)37)35(26-40(23-24-44-35)32(42)27-9-3-1-4-10-27)17-22-39-20-15-34(16-21-39,28-11-5-2-6-12-28)33(43)38-41-18-7-8-19-41/h1-6,9-14,25H,7-8,15-24,26H2,(H,38,43). The van der Waals surface area contributed by atoms with E-state index in [9.17, 15) is 9.59 Å². The number of nitrogens with one attached hydrogen (secondary N) is 1. The fourth-order valence-electron chi connectivity index (χ4n) is 6.95. The zero-order valence-corrected chi connectivity index (χ0v) is 26.5. The summed E-state index contributed by atoms with van der Waals surface area (Å²) >= 11 is 12.8. The van der Waals surface area contributed by atoms with Gasteiger partial charge in [0.15, 0.2) is 0 Å². The second-order valence-electron chi connectivity index (χ2n) is 12.2. The van der Waals surface area contributed by atoms with E-state index in [1.54, 1.807) is 6.07 Å². The summed E-state index contributed by atoms with van der Waals surface area (Å²) in [6.07, 6.45) is 4.36. The molecule has 0 aromatic heterocycles. The van der Waals surface area contributed by atoms with Crippen molar-refractivity contribution >= 4 is 35.0 Å². The van der Waals surface area contributed by atoms with Gasteiger partial charge in [-0.15, -0.1) is 0 Å². The highest BCUT2D eigenvalue weighted by Crippen LogP contribution is 2.40. The van der Waals surface area contributed by atoms with E-state index >= 15 is 0 Å². The van der Waals surface area contributed by atoms with Crippen molar-refractivity contribution in [2.75, 3.05) is 52.4 Å². The molecule has 9 heteroatoms. The average Bonchev–Trinajstić information content (AvgIpc) is 3.59. The minimum absolute atomic E-state index is 0.00651. The molecular formula is C35H40Cl2N4O3. The number of hydrazine groups is 1. The highest BCUT2D eigenvalue weighted by molar-refractivity contribution is 6.42. The van der Waals surface area contributed by atoms with E-state index in [4.69, 9.17) is 27.9 Å². The number of morpholine rings is 1. The zero-order valence-electron chi connectivity index (χ0n) is 25.0. The van der Waals surface area contributed by atoms with Crippen molar-refractivity contribution in [3.63, 3.8) is 0 Å². The van der Waals surface area contributed by atoms with Gasteiger partial charge in [-0.1, -0.05) is 77.8 Å². The fraction of sp³-hybridized carbons (Fsp3) is 0.429. The quantitative estimate of drug-likeness (QED) is 0.334. The first kappa shape index (κ1) is 31.1. The maximum absolute atomic E-state index is 13.8. The van der Waals surface area contributed by atoms with Gasteiger partial charge in [0.05, 0.1) is 28.6 Å². The number of carbonyl (C=O) groups is 2. The molecule has 0 saturated carbocycles. The molecule has 3 saturated heterocycles. The molecule has 3 aromatic rings. The third-order valence-electron chi connectivity index (χ3n) is 9.61. The van der Waals surface area contributed by atoms with Gasteiger partial charge in [-0.05, 0) is 80.6 Å². The lowest BCUT2D eigenvalue weighted by Gasteiger charge is -2.46. The van der Waals surface area contributed by atoms with Crippen molar-refractivity contribution in [3.8, 4) is 0 Å². The average molecular weight is 636 g/mol. The first-order valence-electron chi connectivity index (χ1n) is 15.7. The molecule has 44 heavy (non-hydrogen) atoms. The van der Waals surface area contributed by atoms with E-state index in [-0.39, 0.29) is 11.8 Å². The van der Waals surface area contributed by atoms with Crippen LogP contribution in [0.4, 0.5) is 0 Å². The van der Waals surface area contributed by atoms with Crippen molar-refractivity contribution in [1.29, 1.82) is 0 Å². The summed E-state index contributed by atoms with van der Waals surface area (Å²) in [4.78, 5) is 31.7. The van der Waals surface area contributed by atoms with Crippen molar-refractivity contribution < 1.29 is 14.3 Å². The van der Waals surface area contributed by atoms with Crippen LogP contribution < -0.4 is 5.43 Å². The van der Waals surface area contributed by atoms with Gasteiger partial charge in [0.2, 0.25) is 5.91 Å². The summed E-state index contributed by atoms with van der Waals surface area (Å²) in [5.74, 6) is 0.0937. The number of piperidine rings is 1. The van der Waals surface area contributed by atoms with Gasteiger partial charge in [0, 0.05) is 31.7 Å². The molecule has 1 atom stereocenters. The van der Waals surface area contributed by atoms with E-state index in [0.29, 0.717) is 41.7 Å². The van der Waals surface area contributed by atoms with Crippen LogP contribution in [0.1, 0.15) is 53.6 Å². The van der Waals surface area contributed by atoms with Crippen molar-refractivity contribution in [2.45, 2.75) is 43.1 Å². The van der Waals surface area contributed by atoms with Crippen molar-refractivity contribution in [1.82, 2.24) is 20.2 Å². The zero-order chi connectivity index (χ0) is 30.6. The predicted octanol–water partition coefficient (Wildman–Crippen LogP) is 5.91. The van der Waals surface area contributed by atoms with Gasteiger partial charge in [-0.3, -0.25) is 15.0 Å². The SMILES string of the molecule is O=C(c1ccccc1)N1CCOC(CCN2CCC(C(=O)NN3CCCC3)(c3ccccc3)CC2)(c2ccc(Cl)c(Cl)c2)C1. The summed E-state index contributed by atoms with van der Waals surface area (Å²) < 4.78 is 6.58. The molecule has 0 radical (unpaired) electrons. The summed E-state index contributed by atoms with van der Waals surface area (Å²) in [7, 11) is 0. The highest BCUT2D eigenvalue weighted by atomic mass is 35.5. The van der Waals surface area contributed by atoms with Gasteiger partial charge >= 0.3 is 0 Å². The molecule has 3 fully saturated rings. The molecule has 232 valence electrons. The lowest BCUT2D eigenvalue weighted by atomic mass is 9.72. The largest absolute Gasteiger partial charge is 0.367 e. The summed E-state index contributed by atoms with van der Waals surface area (Å²) in [6.45, 7) is 5.50. The molecular weight excluding hydrogens is 595 g/mol. The summed E-state index contributed by atoms with van der Waals surface area (Å²) in [6, 6.07) is 25.3. The normalized spacial score (nSPS) is 22.5. The van der Waals surface area contributed by atoms with Crippen molar-refractivity contribution in [2.24, 2.45) is 0 Å². The smallest absolute Gasteiger partial charge is 0.254 e. The second-order valence-corrected chi connectivity index (χ2v) is 13.1. The third-order valence-corrected chi connectivity index (χ3v) is 10.3. The Morgan fingerprint density at radius 1 is 0.795 bits per heavy atom. The Kier molecular flexibility index (Phi) is 9.59. The molecule has 3 aromatic carbocycles. The molecule has 7 nitrogen and oxygen atoms in total. The lowest BCUT2D eigenvalue weighted by molar-refractivity contribution is -0.134. The number of amides is 2. The number of hydrogen-bond acceptors (Lipinski definition) is 5. The fourth-order valence-corrected chi connectivity index (χ4v) is 7.25. The molecule has 6 rings (SSSR count). The molecule has 3 heterocycles. The van der Waals surface area contributed by atoms with Crippen LogP contribution in [0.2, 0.25) is 10.0 Å². The number of benzene rings is 3. The number of nitrogens with zero attached hydrogens (tertiary/aromatic N) is 3. The Labute approximate surface area is 270 Å². The summed E-state index contributed by atoms with van der Waals surface area (Å²) in [5.41, 5.74) is 4.60. The van der Waals surface area contributed by atoms with Gasteiger partial charge in [-0.25, -0.2) is 5.01 Å². The van der Waals surface area contributed by atoms with E-state index < -0.39 is 11.0 Å². The third kappa shape index (κ3) is 6.53. The maximum atomic E-state index is 13.8. The number of rotatable bonds is 8. The van der Waals surface area contributed by atoms with Crippen LogP contribution in [0.25, 0.3) is 0 Å². The Balaban J connectivity index is 1.20. The Morgan fingerprint density at radius 2 is 1.48 bits per heavy atom. The van der Waals surface area contributed by atoms with Crippen LogP contribution in [0.5, 0.6) is 0 Å². The Bertz CT molecular complexity index is 1440. The molecule has 0 spiro atoms. The topological polar surface area (TPSA) is 65.1 Å². The first-order chi connectivity index (χ1) is 21.4. The number of likely N-dealkylation sites (tertiary alicyclic amines) is 1. The molecule has 3 aliphatic rings. The summed E-state index contributed by atoms with van der Waals surface area (Å²) in [5, 5.41) is 3.02. The van der Waals surface area contributed by atoms with E-state index in [0.717, 1.165) is 69.5 Å². The van der Waals surface area contributed by atoms with Gasteiger partial charge in [-0.2, -0.15) is 0 Å². The van der Waals surface area contributed by atoms with E-state index in [2.05, 4.69) is 27.5 Å². The number of halogens is 2. The molecule has 1 unspecified atom stereocenters. The van der Waals surface area contributed by atoms with Crippen LogP contribution >= 0.6 is 23.2 Å². The van der Waals surface area contributed by atoms with Gasteiger partial charge < -0.3 is 14.5 Å². The minimum Gasteiger partial charge on any atom is -0.367 e. The molecule has 3 aliphatic heterocycles. The molecule has 1 N–H and O–H groups in total. The highest BCUT2D eigenvalue weighted by Gasteiger charge is 2.45. The monoisotopic (exact) mass is 634 g/mol. The lowest BCUT2D eigenvalue weighted by Crippen LogP contribution is -2.56. The number of ether oxygens (including phenoxy) is 1.